The summed E-state index contributed by atoms with van der Waals surface area (Å²) in [7, 11) is 0. The molecule has 2 bridgehead atoms. The molecule has 1 saturated heterocycles. The molecule has 12 heavy (non-hydrogen) atoms. The number of rotatable bonds is 1. The first-order valence-electron chi connectivity index (χ1n) is 3.98. The van der Waals surface area contributed by atoms with Crippen LogP contribution in [0.2, 0.25) is 0 Å². The highest BCUT2D eigenvalue weighted by molar-refractivity contribution is 5.73. The molecule has 2 aliphatic heterocycles. The Balaban J connectivity index is 2.02. The van der Waals surface area contributed by atoms with Crippen molar-refractivity contribution in [2.75, 3.05) is 6.61 Å². The summed E-state index contributed by atoms with van der Waals surface area (Å²) < 4.78 is 10.7. The predicted octanol–water partition coefficient (Wildman–Crippen LogP) is -0.198. The van der Waals surface area contributed by atoms with E-state index in [-0.39, 0.29) is 24.3 Å². The van der Waals surface area contributed by atoms with Gasteiger partial charge in [0.05, 0.1) is 12.6 Å². The summed E-state index contributed by atoms with van der Waals surface area (Å²) in [5, 5.41) is 2.73. The topological polar surface area (TPSA) is 47.6 Å². The maximum absolute atomic E-state index is 10.7. The largest absolute Gasteiger partial charge is 0.347 e. The lowest BCUT2D eigenvalue weighted by Crippen LogP contribution is -2.43. The molecular formula is C8H11NO3. The third-order valence-corrected chi connectivity index (χ3v) is 1.93. The van der Waals surface area contributed by atoms with Gasteiger partial charge in [0.1, 0.15) is 6.10 Å². The number of carbonyl (C=O) groups is 1. The van der Waals surface area contributed by atoms with E-state index in [9.17, 15) is 4.79 Å². The van der Waals surface area contributed by atoms with Gasteiger partial charge in [-0.25, -0.2) is 0 Å². The van der Waals surface area contributed by atoms with Gasteiger partial charge in [0, 0.05) is 6.92 Å². The Morgan fingerprint density at radius 1 is 1.58 bits per heavy atom. The zero-order valence-electron chi connectivity index (χ0n) is 6.82. The zero-order valence-corrected chi connectivity index (χ0v) is 6.82. The molecule has 2 aliphatic rings. The Labute approximate surface area is 70.5 Å². The van der Waals surface area contributed by atoms with Gasteiger partial charge in [0.15, 0.2) is 6.29 Å². The Morgan fingerprint density at radius 2 is 2.42 bits per heavy atom. The van der Waals surface area contributed by atoms with Gasteiger partial charge in [0.25, 0.3) is 0 Å². The van der Waals surface area contributed by atoms with E-state index in [0.717, 1.165) is 0 Å². The van der Waals surface area contributed by atoms with Crippen LogP contribution in [0.5, 0.6) is 0 Å². The van der Waals surface area contributed by atoms with Crippen LogP contribution >= 0.6 is 0 Å². The van der Waals surface area contributed by atoms with Crippen LogP contribution in [0.15, 0.2) is 12.2 Å². The number of amides is 1. The second-order valence-corrected chi connectivity index (χ2v) is 2.99. The molecule has 0 aromatic carbocycles. The first kappa shape index (κ1) is 7.76. The number of carbonyl (C=O) groups excluding carboxylic acids is 1. The molecule has 4 heteroatoms. The standard InChI is InChI=1S/C8H11NO3/c1-5(10)9-7-3-2-6-4-11-8(7)12-6/h2-3,6-8H,4H2,1H3,(H,9,10)/t6-,7+,8+/m0/s1. The van der Waals surface area contributed by atoms with E-state index in [4.69, 9.17) is 9.47 Å². The molecule has 1 N–H and O–H groups in total. The summed E-state index contributed by atoms with van der Waals surface area (Å²) in [6, 6.07) is -0.124. The second kappa shape index (κ2) is 2.88. The van der Waals surface area contributed by atoms with Gasteiger partial charge >= 0.3 is 0 Å². The maximum atomic E-state index is 10.7. The van der Waals surface area contributed by atoms with Gasteiger partial charge in [-0.05, 0) is 0 Å². The van der Waals surface area contributed by atoms with Crippen molar-refractivity contribution in [1.82, 2.24) is 5.32 Å². The normalized spacial score (nSPS) is 38.2. The Bertz CT molecular complexity index is 226. The van der Waals surface area contributed by atoms with E-state index in [2.05, 4.69) is 5.32 Å². The average Bonchev–Trinajstić information content (AvgIpc) is 2.39. The van der Waals surface area contributed by atoms with Gasteiger partial charge in [-0.15, -0.1) is 0 Å². The van der Waals surface area contributed by atoms with Crippen molar-refractivity contribution in [3.8, 4) is 0 Å². The fourth-order valence-electron chi connectivity index (χ4n) is 1.41. The molecule has 0 spiro atoms. The molecule has 2 rings (SSSR count). The van der Waals surface area contributed by atoms with E-state index in [1.54, 1.807) is 0 Å². The van der Waals surface area contributed by atoms with Crippen LogP contribution in [-0.2, 0) is 14.3 Å². The van der Waals surface area contributed by atoms with Crippen molar-refractivity contribution in [2.45, 2.75) is 25.4 Å². The highest BCUT2D eigenvalue weighted by Crippen LogP contribution is 2.21. The monoisotopic (exact) mass is 169 g/mol. The van der Waals surface area contributed by atoms with Gasteiger partial charge in [0.2, 0.25) is 5.91 Å². The van der Waals surface area contributed by atoms with Crippen molar-refractivity contribution in [3.05, 3.63) is 12.2 Å². The summed E-state index contributed by atoms with van der Waals surface area (Å²) in [6.45, 7) is 2.08. The first-order valence-corrected chi connectivity index (χ1v) is 3.98. The van der Waals surface area contributed by atoms with Gasteiger partial charge < -0.3 is 14.8 Å². The molecule has 0 unspecified atom stereocenters. The fourth-order valence-corrected chi connectivity index (χ4v) is 1.41. The molecule has 0 radical (unpaired) electrons. The average molecular weight is 169 g/mol. The summed E-state index contributed by atoms with van der Waals surface area (Å²) in [6.07, 6.45) is 3.64. The molecule has 0 aromatic heterocycles. The SMILES string of the molecule is CC(=O)N[C@@H]1C=C[C@H]2CO[C@@H]1O2. The van der Waals surface area contributed by atoms with Crippen LogP contribution in [0.4, 0.5) is 0 Å². The Kier molecular flexibility index (Phi) is 1.86. The summed E-state index contributed by atoms with van der Waals surface area (Å²) in [5.74, 6) is -0.0674. The highest BCUT2D eigenvalue weighted by Gasteiger charge is 2.34. The number of hydrogen-bond donors (Lipinski definition) is 1. The molecule has 0 saturated carbocycles. The molecule has 1 amide bonds. The van der Waals surface area contributed by atoms with E-state index in [0.29, 0.717) is 6.61 Å². The van der Waals surface area contributed by atoms with Crippen LogP contribution in [-0.4, -0.2) is 30.9 Å². The van der Waals surface area contributed by atoms with Crippen molar-refractivity contribution >= 4 is 5.91 Å². The van der Waals surface area contributed by atoms with Crippen molar-refractivity contribution < 1.29 is 14.3 Å². The summed E-state index contributed by atoms with van der Waals surface area (Å²) in [4.78, 5) is 10.7. The van der Waals surface area contributed by atoms with Crippen LogP contribution in [0, 0.1) is 0 Å². The van der Waals surface area contributed by atoms with Crippen LogP contribution in [0.1, 0.15) is 6.92 Å². The molecule has 0 aromatic rings. The van der Waals surface area contributed by atoms with E-state index >= 15 is 0 Å². The quantitative estimate of drug-likeness (QED) is 0.553. The number of hydrogen-bond acceptors (Lipinski definition) is 3. The van der Waals surface area contributed by atoms with Gasteiger partial charge in [-0.3, -0.25) is 4.79 Å². The lowest BCUT2D eigenvalue weighted by Gasteiger charge is -2.22. The molecular weight excluding hydrogens is 158 g/mol. The van der Waals surface area contributed by atoms with E-state index in [1.807, 2.05) is 12.2 Å². The van der Waals surface area contributed by atoms with Crippen molar-refractivity contribution in [1.29, 1.82) is 0 Å². The lowest BCUT2D eigenvalue weighted by molar-refractivity contribution is -0.124. The van der Waals surface area contributed by atoms with E-state index < -0.39 is 0 Å². The van der Waals surface area contributed by atoms with Crippen molar-refractivity contribution in [3.63, 3.8) is 0 Å². The second-order valence-electron chi connectivity index (χ2n) is 2.99. The minimum atomic E-state index is -0.288. The fraction of sp³-hybridized carbons (Fsp3) is 0.625. The first-order chi connectivity index (χ1) is 5.75. The lowest BCUT2D eigenvalue weighted by atomic mass is 10.2. The summed E-state index contributed by atoms with van der Waals surface area (Å²) >= 11 is 0. The highest BCUT2D eigenvalue weighted by atomic mass is 16.7. The number of fused-ring (bicyclic) bond motifs is 2. The van der Waals surface area contributed by atoms with E-state index in [1.165, 1.54) is 6.92 Å². The summed E-state index contributed by atoms with van der Waals surface area (Å²) in [5.41, 5.74) is 0. The third-order valence-electron chi connectivity index (χ3n) is 1.93. The Morgan fingerprint density at radius 3 is 3.17 bits per heavy atom. The van der Waals surface area contributed by atoms with Gasteiger partial charge in [-0.1, -0.05) is 12.2 Å². The third kappa shape index (κ3) is 1.35. The molecule has 1 fully saturated rings. The zero-order chi connectivity index (χ0) is 8.55. The molecule has 3 atom stereocenters. The minimum Gasteiger partial charge on any atom is -0.347 e. The van der Waals surface area contributed by atoms with Crippen molar-refractivity contribution in [2.24, 2.45) is 0 Å². The minimum absolute atomic E-state index is 0.0674. The predicted molar refractivity (Wildman–Crippen MR) is 41.4 cm³/mol. The van der Waals surface area contributed by atoms with Crippen LogP contribution in [0.3, 0.4) is 0 Å². The number of nitrogens with one attached hydrogen (secondary N) is 1. The van der Waals surface area contributed by atoms with Crippen LogP contribution < -0.4 is 5.32 Å². The molecule has 0 aliphatic carbocycles. The smallest absolute Gasteiger partial charge is 0.217 e. The molecule has 4 nitrogen and oxygen atoms in total. The maximum Gasteiger partial charge on any atom is 0.217 e. The number of ether oxygens (including phenoxy) is 2. The molecule has 66 valence electrons. The van der Waals surface area contributed by atoms with Gasteiger partial charge in [-0.2, -0.15) is 0 Å². The van der Waals surface area contributed by atoms with Crippen LogP contribution in [0.25, 0.3) is 0 Å². The Hall–Kier alpha value is -0.870. The molecule has 2 heterocycles.